The predicted molar refractivity (Wildman–Crippen MR) is 84.7 cm³/mol. The van der Waals surface area contributed by atoms with Crippen molar-refractivity contribution in [3.8, 4) is 0 Å². The molecule has 0 unspecified atom stereocenters. The predicted octanol–water partition coefficient (Wildman–Crippen LogP) is 3.43. The normalized spacial score (nSPS) is 11.3. The molecule has 0 saturated carbocycles. The molecule has 1 aromatic heterocycles. The summed E-state index contributed by atoms with van der Waals surface area (Å²) in [6, 6.07) is 16.0. The number of rotatable bonds is 5. The lowest BCUT2D eigenvalue weighted by molar-refractivity contribution is 0.245. The lowest BCUT2D eigenvalue weighted by atomic mass is 10.2. The fourth-order valence-corrected chi connectivity index (χ4v) is 2.37. The van der Waals surface area contributed by atoms with Gasteiger partial charge in [0.15, 0.2) is 5.58 Å². The average molecular weight is 281 g/mol. The Balaban J connectivity index is 1.76. The van der Waals surface area contributed by atoms with Crippen molar-refractivity contribution in [1.29, 1.82) is 0 Å². The number of hydrogen-bond acceptors (Lipinski definition) is 4. The summed E-state index contributed by atoms with van der Waals surface area (Å²) < 4.78 is 5.79. The van der Waals surface area contributed by atoms with E-state index in [1.54, 1.807) is 0 Å². The molecule has 0 atom stereocenters. The van der Waals surface area contributed by atoms with Crippen LogP contribution >= 0.6 is 0 Å². The number of aromatic nitrogens is 1. The van der Waals surface area contributed by atoms with Gasteiger partial charge in [-0.1, -0.05) is 37.3 Å². The van der Waals surface area contributed by atoms with Crippen LogP contribution in [0.2, 0.25) is 0 Å². The topological polar surface area (TPSA) is 55.3 Å². The Bertz CT molecular complexity index is 721. The Morgan fingerprint density at radius 2 is 1.90 bits per heavy atom. The maximum atomic E-state index is 5.79. The average Bonchev–Trinajstić information content (AvgIpc) is 2.89. The van der Waals surface area contributed by atoms with Crippen molar-refractivity contribution in [3.05, 3.63) is 60.0 Å². The van der Waals surface area contributed by atoms with Gasteiger partial charge in [0.25, 0.3) is 0 Å². The highest BCUT2D eigenvalue weighted by Gasteiger charge is 2.11. The number of nitrogen functional groups attached to an aromatic ring is 1. The SMILES string of the molecule is CCN(Cc1ccccc1)Cc1nc2ccc(N)cc2o1. The Kier molecular flexibility index (Phi) is 3.88. The van der Waals surface area contributed by atoms with Gasteiger partial charge < -0.3 is 10.2 Å². The Morgan fingerprint density at radius 3 is 2.67 bits per heavy atom. The molecule has 0 bridgehead atoms. The summed E-state index contributed by atoms with van der Waals surface area (Å²) in [6.45, 7) is 4.66. The van der Waals surface area contributed by atoms with Crippen molar-refractivity contribution in [2.45, 2.75) is 20.0 Å². The minimum atomic E-state index is 0.694. The fraction of sp³-hybridized carbons (Fsp3) is 0.235. The van der Waals surface area contributed by atoms with E-state index in [0.717, 1.165) is 30.1 Å². The maximum absolute atomic E-state index is 5.79. The van der Waals surface area contributed by atoms with Crippen LogP contribution in [0.3, 0.4) is 0 Å². The van der Waals surface area contributed by atoms with Crippen LogP contribution in [0.1, 0.15) is 18.4 Å². The van der Waals surface area contributed by atoms with Crippen LogP contribution in [0.4, 0.5) is 5.69 Å². The van der Waals surface area contributed by atoms with Gasteiger partial charge in [-0.15, -0.1) is 0 Å². The van der Waals surface area contributed by atoms with Gasteiger partial charge in [0.2, 0.25) is 5.89 Å². The van der Waals surface area contributed by atoms with E-state index < -0.39 is 0 Å². The Labute approximate surface area is 124 Å². The largest absolute Gasteiger partial charge is 0.439 e. The molecule has 0 aliphatic carbocycles. The number of nitrogens with zero attached hydrogens (tertiary/aromatic N) is 2. The van der Waals surface area contributed by atoms with Crippen LogP contribution < -0.4 is 5.73 Å². The molecule has 0 fully saturated rings. The zero-order chi connectivity index (χ0) is 14.7. The Morgan fingerprint density at radius 1 is 1.10 bits per heavy atom. The van der Waals surface area contributed by atoms with Gasteiger partial charge in [0.1, 0.15) is 5.52 Å². The van der Waals surface area contributed by atoms with Crippen LogP contribution in [0.15, 0.2) is 52.9 Å². The van der Waals surface area contributed by atoms with Crippen LogP contribution in [0, 0.1) is 0 Å². The van der Waals surface area contributed by atoms with E-state index in [2.05, 4.69) is 41.1 Å². The summed E-state index contributed by atoms with van der Waals surface area (Å²) in [6.07, 6.45) is 0. The quantitative estimate of drug-likeness (QED) is 0.728. The van der Waals surface area contributed by atoms with Gasteiger partial charge in [-0.05, 0) is 24.2 Å². The number of anilines is 1. The first kappa shape index (κ1) is 13.6. The summed E-state index contributed by atoms with van der Waals surface area (Å²) in [5.41, 5.74) is 9.36. The molecule has 4 heteroatoms. The van der Waals surface area contributed by atoms with Crippen molar-refractivity contribution in [2.24, 2.45) is 0 Å². The maximum Gasteiger partial charge on any atom is 0.209 e. The minimum absolute atomic E-state index is 0.694. The highest BCUT2D eigenvalue weighted by atomic mass is 16.3. The van der Waals surface area contributed by atoms with Gasteiger partial charge >= 0.3 is 0 Å². The molecule has 3 rings (SSSR count). The lowest BCUT2D eigenvalue weighted by Gasteiger charge is -2.18. The molecular formula is C17H19N3O. The molecule has 0 aliphatic heterocycles. The number of fused-ring (bicyclic) bond motifs is 1. The molecule has 0 amide bonds. The molecule has 3 aromatic rings. The summed E-state index contributed by atoms with van der Waals surface area (Å²) in [7, 11) is 0. The van der Waals surface area contributed by atoms with E-state index in [1.165, 1.54) is 5.56 Å². The summed E-state index contributed by atoms with van der Waals surface area (Å²) in [5, 5.41) is 0. The van der Waals surface area contributed by atoms with Gasteiger partial charge in [0.05, 0.1) is 6.54 Å². The van der Waals surface area contributed by atoms with Crippen LogP contribution in [0.25, 0.3) is 11.1 Å². The number of benzene rings is 2. The highest BCUT2D eigenvalue weighted by Crippen LogP contribution is 2.19. The van der Waals surface area contributed by atoms with Gasteiger partial charge in [0, 0.05) is 18.3 Å². The van der Waals surface area contributed by atoms with Crippen LogP contribution in [0.5, 0.6) is 0 Å². The van der Waals surface area contributed by atoms with Gasteiger partial charge in [-0.2, -0.15) is 0 Å². The third-order valence-electron chi connectivity index (χ3n) is 3.51. The molecular weight excluding hydrogens is 262 g/mol. The summed E-state index contributed by atoms with van der Waals surface area (Å²) >= 11 is 0. The zero-order valence-electron chi connectivity index (χ0n) is 12.1. The Hall–Kier alpha value is -2.33. The van der Waals surface area contributed by atoms with E-state index in [1.807, 2.05) is 24.3 Å². The third kappa shape index (κ3) is 3.23. The summed E-state index contributed by atoms with van der Waals surface area (Å²) in [4.78, 5) is 6.81. The zero-order valence-corrected chi connectivity index (χ0v) is 12.1. The van der Waals surface area contributed by atoms with Crippen molar-refractivity contribution < 1.29 is 4.42 Å². The molecule has 0 spiro atoms. The fourth-order valence-electron chi connectivity index (χ4n) is 2.37. The monoisotopic (exact) mass is 281 g/mol. The van der Waals surface area contributed by atoms with Gasteiger partial charge in [-0.25, -0.2) is 4.98 Å². The first-order chi connectivity index (χ1) is 10.2. The number of nitrogens with two attached hydrogens (primary N) is 1. The highest BCUT2D eigenvalue weighted by molar-refractivity contribution is 5.76. The second-order valence-electron chi connectivity index (χ2n) is 5.12. The second-order valence-corrected chi connectivity index (χ2v) is 5.12. The molecule has 21 heavy (non-hydrogen) atoms. The second kappa shape index (κ2) is 5.97. The molecule has 0 aliphatic rings. The van der Waals surface area contributed by atoms with Crippen molar-refractivity contribution in [2.75, 3.05) is 12.3 Å². The molecule has 4 nitrogen and oxygen atoms in total. The summed E-state index contributed by atoms with van der Waals surface area (Å²) in [5.74, 6) is 0.730. The van der Waals surface area contributed by atoms with Crippen molar-refractivity contribution >= 4 is 16.8 Å². The number of oxazole rings is 1. The van der Waals surface area contributed by atoms with Crippen LogP contribution in [-0.2, 0) is 13.1 Å². The molecule has 2 aromatic carbocycles. The van der Waals surface area contributed by atoms with E-state index in [-0.39, 0.29) is 0 Å². The minimum Gasteiger partial charge on any atom is -0.439 e. The molecule has 0 saturated heterocycles. The molecule has 2 N–H and O–H groups in total. The third-order valence-corrected chi connectivity index (χ3v) is 3.51. The lowest BCUT2D eigenvalue weighted by Crippen LogP contribution is -2.22. The first-order valence-electron chi connectivity index (χ1n) is 7.16. The first-order valence-corrected chi connectivity index (χ1v) is 7.16. The van der Waals surface area contributed by atoms with Crippen LogP contribution in [-0.4, -0.2) is 16.4 Å². The van der Waals surface area contributed by atoms with Crippen molar-refractivity contribution in [1.82, 2.24) is 9.88 Å². The van der Waals surface area contributed by atoms with E-state index >= 15 is 0 Å². The van der Waals surface area contributed by atoms with E-state index in [0.29, 0.717) is 12.2 Å². The van der Waals surface area contributed by atoms with E-state index in [9.17, 15) is 0 Å². The number of hydrogen-bond donors (Lipinski definition) is 1. The van der Waals surface area contributed by atoms with Gasteiger partial charge in [-0.3, -0.25) is 4.90 Å². The standard InChI is InChI=1S/C17H19N3O/c1-2-20(11-13-6-4-3-5-7-13)12-17-19-15-9-8-14(18)10-16(15)21-17/h3-10H,2,11-12,18H2,1H3. The van der Waals surface area contributed by atoms with E-state index in [4.69, 9.17) is 10.2 Å². The molecule has 1 heterocycles. The van der Waals surface area contributed by atoms with Crippen molar-refractivity contribution in [3.63, 3.8) is 0 Å². The molecule has 108 valence electrons. The molecule has 0 radical (unpaired) electrons. The smallest absolute Gasteiger partial charge is 0.209 e.